The van der Waals surface area contributed by atoms with Gasteiger partial charge in [0.2, 0.25) is 17.7 Å². The number of rotatable bonds is 7. The summed E-state index contributed by atoms with van der Waals surface area (Å²) in [6.45, 7) is 5.92. The van der Waals surface area contributed by atoms with Crippen LogP contribution in [0.1, 0.15) is 44.2 Å². The van der Waals surface area contributed by atoms with Gasteiger partial charge in [0.1, 0.15) is 0 Å². The number of nitrogens with zero attached hydrogens (tertiary/aromatic N) is 1. The van der Waals surface area contributed by atoms with Crippen LogP contribution >= 0.6 is 11.8 Å². The lowest BCUT2D eigenvalue weighted by Gasteiger charge is -2.20. The molecule has 0 aliphatic carbocycles. The Hall–Kier alpha value is -2.60. The van der Waals surface area contributed by atoms with Crippen LogP contribution in [0.2, 0.25) is 0 Å². The molecule has 1 saturated heterocycles. The number of hydrogen-bond donors (Lipinski definition) is 1. The van der Waals surface area contributed by atoms with Gasteiger partial charge in [0, 0.05) is 23.4 Å². The third kappa shape index (κ3) is 4.70. The number of benzene rings is 2. The van der Waals surface area contributed by atoms with Crippen LogP contribution < -0.4 is 10.2 Å². The molecule has 0 spiro atoms. The summed E-state index contributed by atoms with van der Waals surface area (Å²) in [7, 11) is 0. The standard InChI is InChI=1S/C23H26N2O3S/c1-4-7-20(26)24-17-10-12-18(13-11-17)29-19-14-21(27)25(23(19)28)22-15(3)8-6-9-16(22)5-2/h6,8-13,19H,4-5,7,14H2,1-3H3,(H,24,26). The summed E-state index contributed by atoms with van der Waals surface area (Å²) in [5.74, 6) is -0.325. The smallest absolute Gasteiger partial charge is 0.247 e. The fraction of sp³-hybridized carbons (Fsp3) is 0.348. The first-order chi connectivity index (χ1) is 13.9. The Morgan fingerprint density at radius 1 is 1.14 bits per heavy atom. The van der Waals surface area contributed by atoms with Gasteiger partial charge in [-0.25, -0.2) is 4.90 Å². The fourth-order valence-corrected chi connectivity index (χ4v) is 4.54. The van der Waals surface area contributed by atoms with E-state index < -0.39 is 5.25 Å². The van der Waals surface area contributed by atoms with E-state index in [9.17, 15) is 14.4 Å². The van der Waals surface area contributed by atoms with Gasteiger partial charge in [-0.3, -0.25) is 14.4 Å². The van der Waals surface area contributed by atoms with Gasteiger partial charge in [0.15, 0.2) is 0 Å². The third-order valence-electron chi connectivity index (χ3n) is 4.92. The monoisotopic (exact) mass is 410 g/mol. The van der Waals surface area contributed by atoms with E-state index in [1.807, 2.05) is 63.2 Å². The molecule has 1 heterocycles. The summed E-state index contributed by atoms with van der Waals surface area (Å²) < 4.78 is 0. The van der Waals surface area contributed by atoms with Crippen molar-refractivity contribution in [2.45, 2.75) is 56.6 Å². The third-order valence-corrected chi connectivity index (χ3v) is 6.12. The second kappa shape index (κ2) is 9.27. The summed E-state index contributed by atoms with van der Waals surface area (Å²) in [5.41, 5.74) is 3.41. The van der Waals surface area contributed by atoms with Gasteiger partial charge in [-0.1, -0.05) is 32.0 Å². The van der Waals surface area contributed by atoms with Crippen LogP contribution in [0, 0.1) is 6.92 Å². The zero-order valence-electron chi connectivity index (χ0n) is 17.0. The van der Waals surface area contributed by atoms with Crippen molar-refractivity contribution in [3.8, 4) is 0 Å². The van der Waals surface area contributed by atoms with Crippen molar-refractivity contribution in [1.82, 2.24) is 0 Å². The maximum atomic E-state index is 13.1. The number of anilines is 2. The van der Waals surface area contributed by atoms with Gasteiger partial charge in [-0.2, -0.15) is 0 Å². The summed E-state index contributed by atoms with van der Waals surface area (Å²) >= 11 is 1.39. The maximum Gasteiger partial charge on any atom is 0.247 e. The molecule has 1 aliphatic rings. The molecular weight excluding hydrogens is 384 g/mol. The molecule has 6 heteroatoms. The summed E-state index contributed by atoms with van der Waals surface area (Å²) in [5, 5.41) is 2.41. The zero-order valence-corrected chi connectivity index (χ0v) is 17.8. The highest BCUT2D eigenvalue weighted by Gasteiger charge is 2.41. The van der Waals surface area contributed by atoms with Gasteiger partial charge in [-0.05, 0) is 55.2 Å². The number of carbonyl (C=O) groups excluding carboxylic acids is 3. The highest BCUT2D eigenvalue weighted by molar-refractivity contribution is 8.00. The Bertz CT molecular complexity index is 924. The molecule has 0 aromatic heterocycles. The van der Waals surface area contributed by atoms with Gasteiger partial charge >= 0.3 is 0 Å². The number of thioether (sulfide) groups is 1. The van der Waals surface area contributed by atoms with E-state index in [2.05, 4.69) is 5.32 Å². The normalized spacial score (nSPS) is 16.4. The average Bonchev–Trinajstić information content (AvgIpc) is 2.96. The average molecular weight is 411 g/mol. The second-order valence-corrected chi connectivity index (χ2v) is 8.41. The number of amides is 3. The van der Waals surface area contributed by atoms with Crippen molar-refractivity contribution in [2.75, 3.05) is 10.2 Å². The van der Waals surface area contributed by atoms with Crippen LogP contribution in [-0.4, -0.2) is 23.0 Å². The summed E-state index contributed by atoms with van der Waals surface area (Å²) in [6.07, 6.45) is 2.24. The van der Waals surface area contributed by atoms with Crippen LogP contribution in [0.4, 0.5) is 11.4 Å². The fourth-order valence-electron chi connectivity index (χ4n) is 3.49. The largest absolute Gasteiger partial charge is 0.326 e. The van der Waals surface area contributed by atoms with E-state index >= 15 is 0 Å². The second-order valence-electron chi connectivity index (χ2n) is 7.14. The lowest BCUT2D eigenvalue weighted by Crippen LogP contribution is -2.32. The van der Waals surface area contributed by atoms with Gasteiger partial charge in [-0.15, -0.1) is 11.8 Å². The first-order valence-electron chi connectivity index (χ1n) is 9.96. The molecule has 2 aromatic rings. The molecule has 1 N–H and O–H groups in total. The molecule has 0 bridgehead atoms. The van der Waals surface area contributed by atoms with Crippen molar-refractivity contribution in [3.05, 3.63) is 53.6 Å². The summed E-state index contributed by atoms with van der Waals surface area (Å²) in [6, 6.07) is 13.2. The predicted molar refractivity (Wildman–Crippen MR) is 117 cm³/mol. The van der Waals surface area contributed by atoms with E-state index in [0.717, 1.165) is 40.2 Å². The highest BCUT2D eigenvalue weighted by Crippen LogP contribution is 2.37. The molecule has 3 amide bonds. The van der Waals surface area contributed by atoms with Crippen LogP contribution in [0.3, 0.4) is 0 Å². The molecule has 1 unspecified atom stereocenters. The van der Waals surface area contributed by atoms with Crippen LogP contribution in [-0.2, 0) is 20.8 Å². The number of imide groups is 1. The zero-order chi connectivity index (χ0) is 21.0. The molecule has 0 saturated carbocycles. The minimum Gasteiger partial charge on any atom is -0.326 e. The molecule has 5 nitrogen and oxygen atoms in total. The van der Waals surface area contributed by atoms with Crippen molar-refractivity contribution < 1.29 is 14.4 Å². The molecule has 152 valence electrons. The molecule has 1 atom stereocenters. The quantitative estimate of drug-likeness (QED) is 0.671. The minimum absolute atomic E-state index is 0.00919. The Morgan fingerprint density at radius 2 is 1.86 bits per heavy atom. The van der Waals surface area contributed by atoms with Crippen molar-refractivity contribution in [1.29, 1.82) is 0 Å². The van der Waals surface area contributed by atoms with E-state index in [1.165, 1.54) is 16.7 Å². The lowest BCUT2D eigenvalue weighted by atomic mass is 10.0. The summed E-state index contributed by atoms with van der Waals surface area (Å²) in [4.78, 5) is 39.7. The molecule has 1 aliphatic heterocycles. The topological polar surface area (TPSA) is 66.5 Å². The van der Waals surface area contributed by atoms with Gasteiger partial charge in [0.05, 0.1) is 10.9 Å². The van der Waals surface area contributed by atoms with Crippen molar-refractivity contribution in [3.63, 3.8) is 0 Å². The maximum absolute atomic E-state index is 13.1. The molecule has 2 aromatic carbocycles. The van der Waals surface area contributed by atoms with E-state index in [0.29, 0.717) is 6.42 Å². The number of aryl methyl sites for hydroxylation is 2. The SMILES string of the molecule is CCCC(=O)Nc1ccc(SC2CC(=O)N(c3c(C)cccc3CC)C2=O)cc1. The number of hydrogen-bond acceptors (Lipinski definition) is 4. The Kier molecular flexibility index (Phi) is 6.75. The predicted octanol–water partition coefficient (Wildman–Crippen LogP) is 4.72. The molecule has 3 rings (SSSR count). The van der Waals surface area contributed by atoms with Gasteiger partial charge < -0.3 is 5.32 Å². The number of para-hydroxylation sites is 1. The molecule has 29 heavy (non-hydrogen) atoms. The van der Waals surface area contributed by atoms with Crippen molar-refractivity contribution in [2.24, 2.45) is 0 Å². The highest BCUT2D eigenvalue weighted by atomic mass is 32.2. The van der Waals surface area contributed by atoms with E-state index in [1.54, 1.807) is 0 Å². The first-order valence-corrected chi connectivity index (χ1v) is 10.8. The molecule has 0 radical (unpaired) electrons. The van der Waals surface area contributed by atoms with Crippen LogP contribution in [0.25, 0.3) is 0 Å². The molecule has 1 fully saturated rings. The Labute approximate surface area is 175 Å². The number of nitrogens with one attached hydrogen (secondary N) is 1. The molecular formula is C23H26N2O3S. The lowest BCUT2D eigenvalue weighted by molar-refractivity contribution is -0.121. The van der Waals surface area contributed by atoms with Crippen molar-refractivity contribution >= 4 is 40.9 Å². The van der Waals surface area contributed by atoms with Crippen LogP contribution in [0.15, 0.2) is 47.4 Å². The Morgan fingerprint density at radius 3 is 2.52 bits per heavy atom. The van der Waals surface area contributed by atoms with E-state index in [-0.39, 0.29) is 24.1 Å². The first kappa shape index (κ1) is 21.1. The number of carbonyl (C=O) groups is 3. The van der Waals surface area contributed by atoms with E-state index in [4.69, 9.17) is 0 Å². The van der Waals surface area contributed by atoms with Gasteiger partial charge in [0.25, 0.3) is 0 Å². The Balaban J connectivity index is 1.73. The van der Waals surface area contributed by atoms with Crippen LogP contribution in [0.5, 0.6) is 0 Å². The minimum atomic E-state index is -0.438.